The van der Waals surface area contributed by atoms with Gasteiger partial charge in [0.25, 0.3) is 10.0 Å². The van der Waals surface area contributed by atoms with Gasteiger partial charge in [-0.2, -0.15) is 0 Å². The Hall–Kier alpha value is -0.920. The molecule has 2 atom stereocenters. The molecule has 1 aromatic heterocycles. The van der Waals surface area contributed by atoms with E-state index < -0.39 is 16.1 Å². The van der Waals surface area contributed by atoms with Gasteiger partial charge in [0.1, 0.15) is 5.82 Å². The highest BCUT2D eigenvalue weighted by molar-refractivity contribution is 7.89. The topological polar surface area (TPSA) is 84.2 Å². The third-order valence-electron chi connectivity index (χ3n) is 2.62. The minimum Gasteiger partial charge on any atom is -0.393 e. The first-order valence-corrected chi connectivity index (χ1v) is 7.48. The normalized spacial score (nSPS) is 15.6. The minimum absolute atomic E-state index is 0.0271. The number of imidazole rings is 1. The maximum Gasteiger partial charge on any atom is 0.259 e. The van der Waals surface area contributed by atoms with Gasteiger partial charge in [-0.3, -0.25) is 0 Å². The molecule has 0 saturated carbocycles. The quantitative estimate of drug-likeness (QED) is 0.798. The monoisotopic (exact) mass is 275 g/mol. The number of hydrogen-bond acceptors (Lipinski definition) is 4. The fourth-order valence-corrected chi connectivity index (χ4v) is 3.08. The van der Waals surface area contributed by atoms with Crippen LogP contribution in [0.15, 0.2) is 11.2 Å². The summed E-state index contributed by atoms with van der Waals surface area (Å²) < 4.78 is 28.4. The van der Waals surface area contributed by atoms with Crippen LogP contribution in [0.4, 0.5) is 0 Å². The van der Waals surface area contributed by atoms with Gasteiger partial charge in [0.05, 0.1) is 6.10 Å². The molecule has 0 radical (unpaired) electrons. The molecule has 2 unspecified atom stereocenters. The van der Waals surface area contributed by atoms with E-state index in [9.17, 15) is 13.5 Å². The van der Waals surface area contributed by atoms with Gasteiger partial charge >= 0.3 is 0 Å². The molecular formula is C11H21N3O3S. The molecule has 6 nitrogen and oxygen atoms in total. The molecular weight excluding hydrogens is 254 g/mol. The average Bonchev–Trinajstić information content (AvgIpc) is 2.57. The van der Waals surface area contributed by atoms with Gasteiger partial charge in [0.2, 0.25) is 0 Å². The number of aryl methyl sites for hydroxylation is 2. The van der Waals surface area contributed by atoms with Crippen molar-refractivity contribution < 1.29 is 13.5 Å². The Morgan fingerprint density at radius 1 is 1.50 bits per heavy atom. The largest absolute Gasteiger partial charge is 0.393 e. The first-order chi connectivity index (χ1) is 8.26. The molecule has 0 aliphatic heterocycles. The number of sulfonamides is 1. The van der Waals surface area contributed by atoms with Crippen molar-refractivity contribution in [3.63, 3.8) is 0 Å². The Morgan fingerprint density at radius 3 is 2.56 bits per heavy atom. The summed E-state index contributed by atoms with van der Waals surface area (Å²) in [6, 6.07) is -0.331. The highest BCUT2D eigenvalue weighted by Crippen LogP contribution is 2.10. The standard InChI is InChI=1S/C11H21N3O3S/c1-5-14-7-11(12-10(14)4)18(16,17)13-8(2)6-9(3)15/h7-9,13,15H,5-6H2,1-4H3. The second kappa shape index (κ2) is 5.81. The van der Waals surface area contributed by atoms with Crippen LogP contribution in [0.5, 0.6) is 0 Å². The molecule has 0 amide bonds. The van der Waals surface area contributed by atoms with Gasteiger partial charge in [-0.15, -0.1) is 0 Å². The van der Waals surface area contributed by atoms with Gasteiger partial charge in [-0.25, -0.2) is 18.1 Å². The first kappa shape index (κ1) is 15.1. The molecule has 0 saturated heterocycles. The third-order valence-corrected chi connectivity index (χ3v) is 4.08. The second-order valence-electron chi connectivity index (χ2n) is 4.52. The van der Waals surface area contributed by atoms with Crippen molar-refractivity contribution in [3.8, 4) is 0 Å². The van der Waals surface area contributed by atoms with Crippen LogP contribution in [0, 0.1) is 6.92 Å². The number of rotatable bonds is 6. The lowest BCUT2D eigenvalue weighted by atomic mass is 10.2. The van der Waals surface area contributed by atoms with E-state index in [0.717, 1.165) is 0 Å². The lowest BCUT2D eigenvalue weighted by Crippen LogP contribution is -2.34. The number of aliphatic hydroxyl groups excluding tert-OH is 1. The van der Waals surface area contributed by atoms with Crippen molar-refractivity contribution in [1.29, 1.82) is 0 Å². The van der Waals surface area contributed by atoms with Crippen LogP contribution in [0.3, 0.4) is 0 Å². The lowest BCUT2D eigenvalue weighted by Gasteiger charge is -2.14. The van der Waals surface area contributed by atoms with E-state index >= 15 is 0 Å². The van der Waals surface area contributed by atoms with E-state index in [1.165, 1.54) is 6.20 Å². The molecule has 104 valence electrons. The summed E-state index contributed by atoms with van der Waals surface area (Å²) in [5, 5.41) is 9.25. The van der Waals surface area contributed by atoms with Crippen molar-refractivity contribution in [3.05, 3.63) is 12.0 Å². The van der Waals surface area contributed by atoms with Crippen molar-refractivity contribution in [2.45, 2.75) is 57.8 Å². The van der Waals surface area contributed by atoms with E-state index in [2.05, 4.69) is 9.71 Å². The predicted octanol–water partition coefficient (Wildman–Crippen LogP) is 0.649. The zero-order valence-electron chi connectivity index (χ0n) is 11.2. The van der Waals surface area contributed by atoms with Gasteiger partial charge in [0.15, 0.2) is 5.03 Å². The molecule has 0 spiro atoms. The molecule has 0 bridgehead atoms. The fraction of sp³-hybridized carbons (Fsp3) is 0.727. The molecule has 0 aliphatic rings. The van der Waals surface area contributed by atoms with Crippen molar-refractivity contribution in [2.24, 2.45) is 0 Å². The highest BCUT2D eigenvalue weighted by Gasteiger charge is 2.21. The Kier molecular flexibility index (Phi) is 4.89. The van der Waals surface area contributed by atoms with Crippen LogP contribution in [0.25, 0.3) is 0 Å². The van der Waals surface area contributed by atoms with Gasteiger partial charge in [-0.05, 0) is 34.1 Å². The molecule has 18 heavy (non-hydrogen) atoms. The Balaban J connectivity index is 2.86. The van der Waals surface area contributed by atoms with Crippen molar-refractivity contribution in [2.75, 3.05) is 0 Å². The third kappa shape index (κ3) is 3.79. The summed E-state index contributed by atoms with van der Waals surface area (Å²) in [5.41, 5.74) is 0. The molecule has 0 fully saturated rings. The molecule has 0 aromatic carbocycles. The van der Waals surface area contributed by atoms with Gasteiger partial charge in [0, 0.05) is 18.8 Å². The summed E-state index contributed by atoms with van der Waals surface area (Å²) in [4.78, 5) is 4.04. The highest BCUT2D eigenvalue weighted by atomic mass is 32.2. The maximum absolute atomic E-state index is 12.0. The predicted molar refractivity (Wildman–Crippen MR) is 68.7 cm³/mol. The van der Waals surface area contributed by atoms with E-state index in [1.807, 2.05) is 6.92 Å². The summed E-state index contributed by atoms with van der Waals surface area (Å²) >= 11 is 0. The van der Waals surface area contributed by atoms with E-state index in [0.29, 0.717) is 18.8 Å². The van der Waals surface area contributed by atoms with Crippen LogP contribution in [-0.4, -0.2) is 35.2 Å². The smallest absolute Gasteiger partial charge is 0.259 e. The molecule has 1 aromatic rings. The van der Waals surface area contributed by atoms with Gasteiger partial charge in [-0.1, -0.05) is 0 Å². The molecule has 2 N–H and O–H groups in total. The molecule has 1 rings (SSSR count). The van der Waals surface area contributed by atoms with Crippen LogP contribution < -0.4 is 4.72 Å². The van der Waals surface area contributed by atoms with Crippen LogP contribution in [0.2, 0.25) is 0 Å². The maximum atomic E-state index is 12.0. The average molecular weight is 275 g/mol. The van der Waals surface area contributed by atoms with E-state index in [1.54, 1.807) is 25.3 Å². The lowest BCUT2D eigenvalue weighted by molar-refractivity contribution is 0.175. The minimum atomic E-state index is -3.61. The second-order valence-corrected chi connectivity index (χ2v) is 6.18. The molecule has 1 heterocycles. The zero-order valence-corrected chi connectivity index (χ0v) is 12.0. The van der Waals surface area contributed by atoms with Gasteiger partial charge < -0.3 is 9.67 Å². The number of aliphatic hydroxyl groups is 1. The fourth-order valence-electron chi connectivity index (χ4n) is 1.81. The first-order valence-electron chi connectivity index (χ1n) is 6.00. The summed E-state index contributed by atoms with van der Waals surface area (Å²) in [6.45, 7) is 7.71. The number of nitrogens with zero attached hydrogens (tertiary/aromatic N) is 2. The van der Waals surface area contributed by atoms with Crippen molar-refractivity contribution in [1.82, 2.24) is 14.3 Å². The summed E-state index contributed by atoms with van der Waals surface area (Å²) in [5.74, 6) is 0.668. The van der Waals surface area contributed by atoms with Crippen molar-refractivity contribution >= 4 is 10.0 Å². The SMILES string of the molecule is CCn1cc(S(=O)(=O)NC(C)CC(C)O)nc1C. The summed E-state index contributed by atoms with van der Waals surface area (Å²) in [7, 11) is -3.61. The zero-order chi connectivity index (χ0) is 13.9. The van der Waals surface area contributed by atoms with E-state index in [-0.39, 0.29) is 11.1 Å². The Bertz CT molecular complexity index is 494. The number of nitrogens with one attached hydrogen (secondary N) is 1. The molecule has 7 heteroatoms. The van der Waals surface area contributed by atoms with Crippen LogP contribution in [0.1, 0.15) is 33.0 Å². The Labute approximate surface area is 108 Å². The van der Waals surface area contributed by atoms with Crippen LogP contribution in [-0.2, 0) is 16.6 Å². The number of aromatic nitrogens is 2. The Morgan fingerprint density at radius 2 is 2.11 bits per heavy atom. The molecule has 0 aliphatic carbocycles. The number of hydrogen-bond donors (Lipinski definition) is 2. The summed E-state index contributed by atoms with van der Waals surface area (Å²) in [6.07, 6.45) is 1.34. The van der Waals surface area contributed by atoms with Crippen LogP contribution >= 0.6 is 0 Å². The van der Waals surface area contributed by atoms with E-state index in [4.69, 9.17) is 0 Å².